The summed E-state index contributed by atoms with van der Waals surface area (Å²) in [6.45, 7) is 24.1. The second kappa shape index (κ2) is 9.54. The van der Waals surface area contributed by atoms with Crippen molar-refractivity contribution in [2.45, 2.75) is 119 Å². The average molecular weight is 413 g/mol. The molecule has 172 valence electrons. The van der Waals surface area contributed by atoms with Crippen LogP contribution in [0, 0.1) is 46.3 Å². The molecule has 0 aromatic rings. The van der Waals surface area contributed by atoms with Gasteiger partial charge < -0.3 is 0 Å². The highest BCUT2D eigenvalue weighted by Crippen LogP contribution is 2.66. The van der Waals surface area contributed by atoms with E-state index in [1.807, 2.05) is 0 Å². The third kappa shape index (κ3) is 3.77. The molecular formula is C30H52. The van der Waals surface area contributed by atoms with Crippen molar-refractivity contribution in [2.75, 3.05) is 0 Å². The smallest absolute Gasteiger partial charge is 0.00624 e. The molecule has 8 atom stereocenters. The van der Waals surface area contributed by atoms with Crippen molar-refractivity contribution >= 4 is 0 Å². The Hall–Kier alpha value is -0.520. The van der Waals surface area contributed by atoms with Crippen molar-refractivity contribution in [1.82, 2.24) is 0 Å². The quantitative estimate of drug-likeness (QED) is 0.348. The molecule has 0 amide bonds. The molecule has 0 aromatic heterocycles. The highest BCUT2D eigenvalue weighted by atomic mass is 14.6. The van der Waals surface area contributed by atoms with Crippen LogP contribution in [-0.4, -0.2) is 0 Å². The van der Waals surface area contributed by atoms with E-state index in [1.165, 1.54) is 82.6 Å². The maximum Gasteiger partial charge on any atom is -0.00624 e. The van der Waals surface area contributed by atoms with Gasteiger partial charge in [0.05, 0.1) is 0 Å². The van der Waals surface area contributed by atoms with Gasteiger partial charge in [0.15, 0.2) is 0 Å². The first-order chi connectivity index (χ1) is 14.3. The van der Waals surface area contributed by atoms with Crippen LogP contribution in [0.2, 0.25) is 0 Å². The molecule has 3 aliphatic carbocycles. The summed E-state index contributed by atoms with van der Waals surface area (Å²) in [5.41, 5.74) is 4.15. The van der Waals surface area contributed by atoms with Crippen LogP contribution in [-0.2, 0) is 0 Å². The van der Waals surface area contributed by atoms with E-state index >= 15 is 0 Å². The molecule has 0 heterocycles. The van der Waals surface area contributed by atoms with Gasteiger partial charge in [0.1, 0.15) is 0 Å². The van der Waals surface area contributed by atoms with Gasteiger partial charge in [0.2, 0.25) is 0 Å². The van der Waals surface area contributed by atoms with Crippen molar-refractivity contribution in [2.24, 2.45) is 46.3 Å². The van der Waals surface area contributed by atoms with Crippen LogP contribution in [0.15, 0.2) is 24.3 Å². The molecular weight excluding hydrogens is 360 g/mol. The fourth-order valence-corrected chi connectivity index (χ4v) is 9.29. The molecule has 0 aliphatic heterocycles. The lowest BCUT2D eigenvalue weighted by Crippen LogP contribution is -2.53. The Morgan fingerprint density at radius 2 is 1.67 bits per heavy atom. The Morgan fingerprint density at radius 3 is 2.27 bits per heavy atom. The SMILES string of the molecule is C=C(CC)C1CCC2(CCC)C(C)C(C3CCC(=C)C3(CC)CCC)CC(C)C2C1. The Morgan fingerprint density at radius 1 is 0.967 bits per heavy atom. The maximum atomic E-state index is 4.65. The van der Waals surface area contributed by atoms with E-state index in [4.69, 9.17) is 0 Å². The Labute approximate surface area is 189 Å². The zero-order valence-electron chi connectivity index (χ0n) is 21.4. The molecule has 8 unspecified atom stereocenters. The summed E-state index contributed by atoms with van der Waals surface area (Å²) in [6.07, 6.45) is 16.4. The van der Waals surface area contributed by atoms with Gasteiger partial charge in [0.25, 0.3) is 0 Å². The molecule has 0 N–H and O–H groups in total. The fraction of sp³-hybridized carbons (Fsp3) is 0.867. The summed E-state index contributed by atoms with van der Waals surface area (Å²) in [7, 11) is 0. The molecule has 3 saturated carbocycles. The summed E-state index contributed by atoms with van der Waals surface area (Å²) in [4.78, 5) is 0. The Bertz CT molecular complexity index is 614. The second-order valence-electron chi connectivity index (χ2n) is 11.7. The Balaban J connectivity index is 1.94. The normalized spacial score (nSPS) is 44.1. The summed E-state index contributed by atoms with van der Waals surface area (Å²) < 4.78 is 0. The van der Waals surface area contributed by atoms with Crippen molar-refractivity contribution in [1.29, 1.82) is 0 Å². The highest BCUT2D eigenvalue weighted by Gasteiger charge is 2.58. The van der Waals surface area contributed by atoms with Gasteiger partial charge >= 0.3 is 0 Å². The molecule has 0 spiro atoms. The topological polar surface area (TPSA) is 0 Å². The van der Waals surface area contributed by atoms with Crippen LogP contribution in [0.1, 0.15) is 119 Å². The first kappa shape index (κ1) is 24.1. The van der Waals surface area contributed by atoms with Gasteiger partial charge in [-0.2, -0.15) is 0 Å². The van der Waals surface area contributed by atoms with Crippen molar-refractivity contribution in [3.8, 4) is 0 Å². The first-order valence-electron chi connectivity index (χ1n) is 13.7. The predicted molar refractivity (Wildman–Crippen MR) is 134 cm³/mol. The minimum Gasteiger partial charge on any atom is -0.0996 e. The molecule has 3 fully saturated rings. The van der Waals surface area contributed by atoms with E-state index < -0.39 is 0 Å². The van der Waals surface area contributed by atoms with E-state index in [0.717, 1.165) is 35.5 Å². The molecule has 0 bridgehead atoms. The maximum absolute atomic E-state index is 4.65. The molecule has 0 nitrogen and oxygen atoms in total. The Kier molecular flexibility index (Phi) is 7.67. The number of rotatable bonds is 8. The summed E-state index contributed by atoms with van der Waals surface area (Å²) in [5, 5.41) is 0. The minimum absolute atomic E-state index is 0.432. The molecule has 0 radical (unpaired) electrons. The van der Waals surface area contributed by atoms with E-state index in [-0.39, 0.29) is 0 Å². The molecule has 0 aromatic carbocycles. The lowest BCUT2D eigenvalue weighted by Gasteiger charge is -2.61. The molecule has 30 heavy (non-hydrogen) atoms. The molecule has 3 aliphatic rings. The number of hydrogen-bond acceptors (Lipinski definition) is 0. The molecule has 3 rings (SSSR count). The number of fused-ring (bicyclic) bond motifs is 1. The van der Waals surface area contributed by atoms with Crippen LogP contribution in [0.25, 0.3) is 0 Å². The van der Waals surface area contributed by atoms with Gasteiger partial charge in [-0.05, 0) is 111 Å². The standard InChI is InChI=1S/C30H52/c1-9-16-29(12-4)23(7)13-14-27(29)26-19-22(6)28-20-25(21(5)11-3)15-18-30(28,17-10-2)24(26)8/h22,24-28H,5,7,9-20H2,1-4,6,8H3. The summed E-state index contributed by atoms with van der Waals surface area (Å²) in [6, 6.07) is 0. The number of hydrogen-bond donors (Lipinski definition) is 0. The van der Waals surface area contributed by atoms with Crippen LogP contribution >= 0.6 is 0 Å². The van der Waals surface area contributed by atoms with Crippen molar-refractivity contribution < 1.29 is 0 Å². The fourth-order valence-electron chi connectivity index (χ4n) is 9.29. The molecule has 0 heteroatoms. The van der Waals surface area contributed by atoms with E-state index in [9.17, 15) is 0 Å². The zero-order chi connectivity index (χ0) is 22.1. The van der Waals surface area contributed by atoms with E-state index in [1.54, 1.807) is 5.57 Å². The van der Waals surface area contributed by atoms with Crippen LogP contribution in [0.4, 0.5) is 0 Å². The lowest BCUT2D eigenvalue weighted by atomic mass is 9.44. The average Bonchev–Trinajstić information content (AvgIpc) is 3.06. The zero-order valence-corrected chi connectivity index (χ0v) is 21.4. The van der Waals surface area contributed by atoms with Crippen molar-refractivity contribution in [3.05, 3.63) is 24.3 Å². The number of allylic oxidation sites excluding steroid dienone is 2. The lowest BCUT2D eigenvalue weighted by molar-refractivity contribution is -0.112. The second-order valence-corrected chi connectivity index (χ2v) is 11.7. The molecule has 0 saturated heterocycles. The third-order valence-electron chi connectivity index (χ3n) is 10.9. The van der Waals surface area contributed by atoms with Gasteiger partial charge in [0, 0.05) is 0 Å². The third-order valence-corrected chi connectivity index (χ3v) is 10.9. The van der Waals surface area contributed by atoms with Gasteiger partial charge in [-0.25, -0.2) is 0 Å². The summed E-state index contributed by atoms with van der Waals surface area (Å²) in [5.74, 6) is 5.23. The monoisotopic (exact) mass is 412 g/mol. The first-order valence-corrected chi connectivity index (χ1v) is 13.7. The minimum atomic E-state index is 0.432. The predicted octanol–water partition coefficient (Wildman–Crippen LogP) is 9.61. The van der Waals surface area contributed by atoms with Gasteiger partial charge in [-0.3, -0.25) is 0 Å². The van der Waals surface area contributed by atoms with Crippen LogP contribution in [0.5, 0.6) is 0 Å². The summed E-state index contributed by atoms with van der Waals surface area (Å²) >= 11 is 0. The van der Waals surface area contributed by atoms with Crippen LogP contribution in [0.3, 0.4) is 0 Å². The van der Waals surface area contributed by atoms with E-state index in [0.29, 0.717) is 10.8 Å². The highest BCUT2D eigenvalue weighted by molar-refractivity contribution is 5.21. The van der Waals surface area contributed by atoms with Gasteiger partial charge in [-0.15, -0.1) is 0 Å². The van der Waals surface area contributed by atoms with Gasteiger partial charge in [-0.1, -0.05) is 78.7 Å². The van der Waals surface area contributed by atoms with Crippen LogP contribution < -0.4 is 0 Å². The van der Waals surface area contributed by atoms with Crippen molar-refractivity contribution in [3.63, 3.8) is 0 Å². The largest absolute Gasteiger partial charge is 0.0996 e. The van der Waals surface area contributed by atoms with E-state index in [2.05, 4.69) is 54.7 Å².